The highest BCUT2D eigenvalue weighted by Crippen LogP contribution is 2.34. The molecule has 13 nitrogen and oxygen atoms in total. The van der Waals surface area contributed by atoms with Gasteiger partial charge < -0.3 is 30.8 Å². The van der Waals surface area contributed by atoms with Crippen molar-refractivity contribution in [2.75, 3.05) is 14.2 Å². The second kappa shape index (κ2) is 16.6. The summed E-state index contributed by atoms with van der Waals surface area (Å²) in [5.41, 5.74) is 14.0. The van der Waals surface area contributed by atoms with Crippen molar-refractivity contribution in [1.82, 2.24) is 9.97 Å². The van der Waals surface area contributed by atoms with Gasteiger partial charge in [0.1, 0.15) is 33.8 Å². The number of esters is 3. The van der Waals surface area contributed by atoms with Crippen LogP contribution in [0.4, 0.5) is 8.78 Å². The minimum absolute atomic E-state index is 0.0322. The van der Waals surface area contributed by atoms with Crippen LogP contribution in [-0.2, 0) is 27.1 Å². The van der Waals surface area contributed by atoms with Crippen molar-refractivity contribution in [3.05, 3.63) is 141 Å². The van der Waals surface area contributed by atoms with Crippen LogP contribution in [0.2, 0.25) is 0 Å². The Hall–Kier alpha value is -7.29. The standard InChI is InChI=1S/C21H17FN2O5.C19H15FN2O4/c1-11(25)29-19-17(21(27)28-2)9-16(20(23)26)15-8-13(10-24-18(15)19)7-12-3-5-14(22)6-4-12;1-26-19(25)15-8-14(18(21)24)13-7-11(9-22-16(13)17(15)23)6-10-2-4-12(20)5-3-10/h3-6,8-10H,7H2,1-2H3,(H2,23,26);2-5,7-9,23H,6H2,1H3,(H2,21,24). The number of carbonyl (C=O) groups is 5. The van der Waals surface area contributed by atoms with Gasteiger partial charge in [0.2, 0.25) is 11.8 Å². The molecular formula is C40H32F2N4O9. The minimum atomic E-state index is -0.803. The molecule has 6 rings (SSSR count). The molecule has 0 aliphatic heterocycles. The first-order chi connectivity index (χ1) is 26.2. The zero-order valence-corrected chi connectivity index (χ0v) is 29.5. The summed E-state index contributed by atoms with van der Waals surface area (Å²) in [5.74, 6) is -4.99. The number of amides is 2. The lowest BCUT2D eigenvalue weighted by molar-refractivity contribution is -0.131. The largest absolute Gasteiger partial charge is 0.505 e. The van der Waals surface area contributed by atoms with Gasteiger partial charge in [-0.2, -0.15) is 0 Å². The summed E-state index contributed by atoms with van der Waals surface area (Å²) in [6.45, 7) is 1.18. The quantitative estimate of drug-likeness (QED) is 0.127. The Morgan fingerprint density at radius 3 is 1.47 bits per heavy atom. The van der Waals surface area contributed by atoms with E-state index < -0.39 is 29.7 Å². The van der Waals surface area contributed by atoms with Crippen molar-refractivity contribution in [2.24, 2.45) is 11.5 Å². The molecule has 2 aromatic heterocycles. The third-order valence-electron chi connectivity index (χ3n) is 8.22. The molecule has 0 fully saturated rings. The van der Waals surface area contributed by atoms with E-state index in [1.807, 2.05) is 0 Å². The number of aromatic hydroxyl groups is 1. The van der Waals surface area contributed by atoms with Crippen molar-refractivity contribution < 1.29 is 52.1 Å². The van der Waals surface area contributed by atoms with Crippen LogP contribution < -0.4 is 16.2 Å². The Morgan fingerprint density at radius 1 is 0.618 bits per heavy atom. The lowest BCUT2D eigenvalue weighted by atomic mass is 9.99. The lowest BCUT2D eigenvalue weighted by Gasteiger charge is -2.14. The van der Waals surface area contributed by atoms with Crippen molar-refractivity contribution in [3.8, 4) is 11.5 Å². The van der Waals surface area contributed by atoms with Crippen molar-refractivity contribution in [1.29, 1.82) is 0 Å². The minimum Gasteiger partial charge on any atom is -0.505 e. The van der Waals surface area contributed by atoms with Crippen molar-refractivity contribution in [2.45, 2.75) is 19.8 Å². The molecule has 0 bridgehead atoms. The highest BCUT2D eigenvalue weighted by atomic mass is 19.1. The van der Waals surface area contributed by atoms with Gasteiger partial charge in [-0.05, 0) is 83.6 Å². The van der Waals surface area contributed by atoms with E-state index >= 15 is 0 Å². The van der Waals surface area contributed by atoms with Gasteiger partial charge in [-0.25, -0.2) is 18.4 Å². The van der Waals surface area contributed by atoms with E-state index in [9.17, 15) is 37.9 Å². The van der Waals surface area contributed by atoms with Crippen LogP contribution in [0, 0.1) is 11.6 Å². The van der Waals surface area contributed by atoms with Gasteiger partial charge in [-0.3, -0.25) is 24.4 Å². The molecule has 0 unspecified atom stereocenters. The fourth-order valence-corrected chi connectivity index (χ4v) is 5.68. The van der Waals surface area contributed by atoms with Crippen LogP contribution >= 0.6 is 0 Å². The first kappa shape index (κ1) is 38.9. The Labute approximate surface area is 311 Å². The van der Waals surface area contributed by atoms with Gasteiger partial charge in [0.05, 0.1) is 14.2 Å². The maximum Gasteiger partial charge on any atom is 0.341 e. The smallest absolute Gasteiger partial charge is 0.341 e. The molecule has 0 aliphatic carbocycles. The third kappa shape index (κ3) is 8.85. The summed E-state index contributed by atoms with van der Waals surface area (Å²) in [6, 6.07) is 17.7. The van der Waals surface area contributed by atoms with Gasteiger partial charge in [0.25, 0.3) is 0 Å². The molecule has 0 radical (unpaired) electrons. The maximum absolute atomic E-state index is 13.1. The van der Waals surface area contributed by atoms with Crippen molar-refractivity contribution in [3.63, 3.8) is 0 Å². The summed E-state index contributed by atoms with van der Waals surface area (Å²) >= 11 is 0. The molecule has 0 atom stereocenters. The first-order valence-electron chi connectivity index (χ1n) is 16.2. The SMILES string of the molecule is COC(=O)c1cc(C(N)=O)c2cc(Cc3ccc(F)cc3)cnc2c1O.COC(=O)c1cc(C(N)=O)c2cc(Cc3ccc(F)cc3)cnc2c1OC(C)=O. The van der Waals surface area contributed by atoms with Crippen LogP contribution in [0.5, 0.6) is 11.5 Å². The van der Waals surface area contributed by atoms with Crippen LogP contribution in [0.1, 0.15) is 70.6 Å². The lowest BCUT2D eigenvalue weighted by Crippen LogP contribution is -2.16. The summed E-state index contributed by atoms with van der Waals surface area (Å²) in [6.07, 6.45) is 3.89. The average Bonchev–Trinajstić information content (AvgIpc) is 3.16. The van der Waals surface area contributed by atoms with E-state index in [4.69, 9.17) is 20.9 Å². The number of phenols is 1. The zero-order chi connectivity index (χ0) is 40.0. The molecule has 2 amide bonds. The number of aromatic nitrogens is 2. The number of nitrogens with zero attached hydrogens (tertiary/aromatic N) is 2. The van der Waals surface area contributed by atoms with E-state index in [0.717, 1.165) is 30.9 Å². The predicted molar refractivity (Wildman–Crippen MR) is 195 cm³/mol. The molecule has 6 aromatic rings. The van der Waals surface area contributed by atoms with Gasteiger partial charge >= 0.3 is 17.9 Å². The number of hydrogen-bond acceptors (Lipinski definition) is 11. The molecule has 4 aromatic carbocycles. The van der Waals surface area contributed by atoms with E-state index in [0.29, 0.717) is 29.2 Å². The Morgan fingerprint density at radius 2 is 1.04 bits per heavy atom. The normalized spacial score (nSPS) is 10.6. The predicted octanol–water partition coefficient (Wildman–Crippen LogP) is 5.33. The Balaban J connectivity index is 0.000000212. The summed E-state index contributed by atoms with van der Waals surface area (Å²) < 4.78 is 40.6. The van der Waals surface area contributed by atoms with Gasteiger partial charge in [0.15, 0.2) is 11.5 Å². The molecule has 280 valence electrons. The number of ether oxygens (including phenoxy) is 3. The molecule has 5 N–H and O–H groups in total. The van der Waals surface area contributed by atoms with Gasteiger partial charge in [-0.1, -0.05) is 24.3 Å². The number of primary amides is 2. The number of methoxy groups -OCH3 is 2. The number of benzene rings is 4. The number of rotatable bonds is 9. The van der Waals surface area contributed by atoms with Crippen molar-refractivity contribution >= 4 is 51.5 Å². The number of pyridine rings is 2. The number of nitrogens with two attached hydrogens (primary N) is 2. The summed E-state index contributed by atoms with van der Waals surface area (Å²) in [4.78, 5) is 67.8. The van der Waals surface area contributed by atoms with Crippen LogP contribution in [0.15, 0.2) is 85.2 Å². The molecule has 2 heterocycles. The van der Waals surface area contributed by atoms with Gasteiger partial charge in [-0.15, -0.1) is 0 Å². The highest BCUT2D eigenvalue weighted by Gasteiger charge is 2.24. The number of phenolic OH excluding ortho intramolecular Hbond substituents is 1. The highest BCUT2D eigenvalue weighted by molar-refractivity contribution is 6.12. The summed E-state index contributed by atoms with van der Waals surface area (Å²) in [5, 5.41) is 11.0. The Kier molecular flexibility index (Phi) is 11.7. The molecule has 15 heteroatoms. The molecule has 0 saturated heterocycles. The van der Waals surface area contributed by atoms with E-state index in [-0.39, 0.29) is 56.4 Å². The average molecular weight is 751 g/mol. The number of fused-ring (bicyclic) bond motifs is 2. The number of halogens is 2. The fourth-order valence-electron chi connectivity index (χ4n) is 5.68. The molecular weight excluding hydrogens is 718 g/mol. The number of hydrogen-bond donors (Lipinski definition) is 3. The van der Waals surface area contributed by atoms with Gasteiger partial charge in [0, 0.05) is 41.2 Å². The fraction of sp³-hybridized carbons (Fsp3) is 0.125. The van der Waals surface area contributed by atoms with E-state index in [1.54, 1.807) is 36.4 Å². The van der Waals surface area contributed by atoms with E-state index in [2.05, 4.69) is 14.7 Å². The second-order valence-corrected chi connectivity index (χ2v) is 12.0. The molecule has 0 saturated carbocycles. The monoisotopic (exact) mass is 750 g/mol. The summed E-state index contributed by atoms with van der Waals surface area (Å²) in [7, 11) is 2.32. The first-order valence-corrected chi connectivity index (χ1v) is 16.2. The zero-order valence-electron chi connectivity index (χ0n) is 29.5. The molecule has 55 heavy (non-hydrogen) atoms. The maximum atomic E-state index is 13.1. The van der Waals surface area contributed by atoms with Crippen LogP contribution in [0.25, 0.3) is 21.8 Å². The van der Waals surface area contributed by atoms with Crippen LogP contribution in [-0.4, -0.2) is 59.0 Å². The number of carbonyl (C=O) groups excluding carboxylic acids is 5. The molecule has 0 spiro atoms. The second-order valence-electron chi connectivity index (χ2n) is 12.0. The van der Waals surface area contributed by atoms with E-state index in [1.165, 1.54) is 55.7 Å². The Bertz CT molecular complexity index is 2490. The third-order valence-corrected chi connectivity index (χ3v) is 8.22. The van der Waals surface area contributed by atoms with Crippen LogP contribution in [0.3, 0.4) is 0 Å². The topological polar surface area (TPSA) is 211 Å². The molecule has 0 aliphatic rings.